The van der Waals surface area contributed by atoms with Crippen LogP contribution in [-0.4, -0.2) is 42.2 Å². The predicted molar refractivity (Wildman–Crippen MR) is 127 cm³/mol. The van der Waals surface area contributed by atoms with E-state index in [-0.39, 0.29) is 23.1 Å². The number of aromatic nitrogens is 2. The number of hydrogen-bond acceptors (Lipinski definition) is 5. The summed E-state index contributed by atoms with van der Waals surface area (Å²) in [6.07, 6.45) is 3.45. The fourth-order valence-corrected chi connectivity index (χ4v) is 4.14. The molecule has 3 N–H and O–H groups in total. The van der Waals surface area contributed by atoms with E-state index in [0.717, 1.165) is 42.4 Å². The zero-order valence-corrected chi connectivity index (χ0v) is 18.8. The molecule has 9 heteroatoms. The van der Waals surface area contributed by atoms with Crippen LogP contribution in [0, 0.1) is 5.82 Å². The number of carbonyl (C=O) groups excluding carboxylic acids is 1. The number of benzene rings is 2. The van der Waals surface area contributed by atoms with E-state index in [2.05, 4.69) is 20.9 Å². The molecule has 0 unspecified atom stereocenters. The number of fused-ring (bicyclic) bond motifs is 1. The minimum atomic E-state index is -0.517. The fraction of sp³-hybridized carbons (Fsp3) is 0.348. The quantitative estimate of drug-likeness (QED) is 0.501. The lowest BCUT2D eigenvalue weighted by molar-refractivity contribution is 0.243. The Labute approximate surface area is 191 Å². The first kappa shape index (κ1) is 22.1. The van der Waals surface area contributed by atoms with Crippen LogP contribution in [0.5, 0.6) is 0 Å². The summed E-state index contributed by atoms with van der Waals surface area (Å²) in [6.45, 7) is 0. The largest absolute Gasteiger partial charge is 0.362 e. The van der Waals surface area contributed by atoms with E-state index in [1.165, 1.54) is 18.2 Å². The second-order valence-electron chi connectivity index (χ2n) is 8.20. The predicted octanol–water partition coefficient (Wildman–Crippen LogP) is 5.03. The Balaban J connectivity index is 1.32. The van der Waals surface area contributed by atoms with Gasteiger partial charge in [-0.2, -0.15) is 4.98 Å². The molecule has 1 aliphatic rings. The van der Waals surface area contributed by atoms with Gasteiger partial charge in [-0.3, -0.25) is 0 Å². The number of anilines is 3. The highest BCUT2D eigenvalue weighted by molar-refractivity contribution is 6.31. The maximum absolute atomic E-state index is 13.3. The molecule has 0 atom stereocenters. The van der Waals surface area contributed by atoms with Crippen molar-refractivity contribution in [3.8, 4) is 0 Å². The number of carbonyl (C=O) groups is 1. The molecule has 0 bridgehead atoms. The molecule has 2 aromatic carbocycles. The Morgan fingerprint density at radius 3 is 2.50 bits per heavy atom. The van der Waals surface area contributed by atoms with Crippen molar-refractivity contribution in [2.45, 2.75) is 37.8 Å². The zero-order valence-electron chi connectivity index (χ0n) is 18.0. The third-order valence-electron chi connectivity index (χ3n) is 5.58. The van der Waals surface area contributed by atoms with Crippen molar-refractivity contribution >= 4 is 46.0 Å². The van der Waals surface area contributed by atoms with Crippen LogP contribution in [0.2, 0.25) is 5.02 Å². The van der Waals surface area contributed by atoms with E-state index in [9.17, 15) is 9.18 Å². The van der Waals surface area contributed by atoms with Crippen molar-refractivity contribution in [2.24, 2.45) is 0 Å². The lowest BCUT2D eigenvalue weighted by Gasteiger charge is -2.30. The number of nitrogens with zero attached hydrogens (tertiary/aromatic N) is 3. The van der Waals surface area contributed by atoms with Crippen LogP contribution in [0.1, 0.15) is 25.7 Å². The van der Waals surface area contributed by atoms with Crippen molar-refractivity contribution in [2.75, 3.05) is 29.6 Å². The molecule has 4 rings (SSSR count). The molecule has 2 amide bonds. The Hall–Kier alpha value is -3.13. The van der Waals surface area contributed by atoms with Gasteiger partial charge in [0.05, 0.1) is 10.5 Å². The second-order valence-corrected chi connectivity index (χ2v) is 8.61. The normalized spacial score (nSPS) is 18.2. The van der Waals surface area contributed by atoms with Crippen LogP contribution in [0.15, 0.2) is 42.5 Å². The number of nitrogens with one attached hydrogen (secondary N) is 3. The first-order chi connectivity index (χ1) is 15.4. The fourth-order valence-electron chi connectivity index (χ4n) is 3.96. The first-order valence-corrected chi connectivity index (χ1v) is 11.0. The molecule has 1 heterocycles. The maximum Gasteiger partial charge on any atom is 0.319 e. The van der Waals surface area contributed by atoms with Gasteiger partial charge in [-0.05, 0) is 56.0 Å². The lowest BCUT2D eigenvalue weighted by Crippen LogP contribution is -2.42. The van der Waals surface area contributed by atoms with E-state index in [0.29, 0.717) is 11.6 Å². The van der Waals surface area contributed by atoms with Gasteiger partial charge in [-0.1, -0.05) is 23.7 Å². The molecule has 0 radical (unpaired) electrons. The summed E-state index contributed by atoms with van der Waals surface area (Å²) < 4.78 is 13.3. The molecular weight excluding hydrogens is 431 g/mol. The van der Waals surface area contributed by atoms with Gasteiger partial charge >= 0.3 is 6.03 Å². The number of rotatable bonds is 5. The number of hydrogen-bond donors (Lipinski definition) is 3. The van der Waals surface area contributed by atoms with E-state index in [1.54, 1.807) is 0 Å². The molecule has 1 aliphatic carbocycles. The molecular formula is C23H26ClFN6O. The highest BCUT2D eigenvalue weighted by atomic mass is 35.5. The smallest absolute Gasteiger partial charge is 0.319 e. The zero-order chi connectivity index (χ0) is 22.7. The SMILES string of the molecule is CN(C)c1nc(N[C@H]2CC[C@@H](NC(=O)Nc3ccc(F)c(Cl)c3)CC2)nc2ccccc12. The number of halogens is 2. The summed E-state index contributed by atoms with van der Waals surface area (Å²) >= 11 is 5.76. The number of urea groups is 1. The number of para-hydroxylation sites is 1. The maximum atomic E-state index is 13.3. The van der Waals surface area contributed by atoms with Crippen LogP contribution in [0.3, 0.4) is 0 Å². The van der Waals surface area contributed by atoms with Gasteiger partial charge in [0.2, 0.25) is 5.95 Å². The van der Waals surface area contributed by atoms with Crippen molar-refractivity contribution < 1.29 is 9.18 Å². The summed E-state index contributed by atoms with van der Waals surface area (Å²) in [5.41, 5.74) is 1.36. The van der Waals surface area contributed by atoms with E-state index < -0.39 is 5.82 Å². The Morgan fingerprint density at radius 1 is 1.06 bits per heavy atom. The van der Waals surface area contributed by atoms with Gasteiger partial charge in [0.1, 0.15) is 11.6 Å². The van der Waals surface area contributed by atoms with Crippen molar-refractivity contribution in [3.05, 3.63) is 53.3 Å². The molecule has 7 nitrogen and oxygen atoms in total. The molecule has 1 aromatic heterocycles. The Morgan fingerprint density at radius 2 is 1.78 bits per heavy atom. The van der Waals surface area contributed by atoms with Gasteiger partial charge in [0, 0.05) is 37.3 Å². The van der Waals surface area contributed by atoms with Gasteiger partial charge in [0.15, 0.2) is 0 Å². The minimum Gasteiger partial charge on any atom is -0.362 e. The van der Waals surface area contributed by atoms with Crippen LogP contribution in [0.25, 0.3) is 10.9 Å². The standard InChI is InChI=1S/C23H26ClFN6O/c1-31(2)21-17-5-3-4-6-20(17)29-22(30-21)26-14-7-9-15(10-8-14)27-23(32)28-16-11-12-19(25)18(24)13-16/h3-6,11-15H,7-10H2,1-2H3,(H,26,29,30)(H2,27,28,32)/t14-,15+. The molecule has 3 aromatic rings. The first-order valence-electron chi connectivity index (χ1n) is 10.6. The van der Waals surface area contributed by atoms with Gasteiger partial charge in [-0.15, -0.1) is 0 Å². The summed E-state index contributed by atoms with van der Waals surface area (Å²) in [4.78, 5) is 23.6. The summed E-state index contributed by atoms with van der Waals surface area (Å²) in [6, 6.07) is 12.1. The molecule has 0 spiro atoms. The van der Waals surface area contributed by atoms with E-state index >= 15 is 0 Å². The molecule has 0 aliphatic heterocycles. The van der Waals surface area contributed by atoms with Gasteiger partial charge in [0.25, 0.3) is 0 Å². The van der Waals surface area contributed by atoms with Crippen LogP contribution >= 0.6 is 11.6 Å². The average molecular weight is 457 g/mol. The lowest BCUT2D eigenvalue weighted by atomic mass is 9.91. The summed E-state index contributed by atoms with van der Waals surface area (Å²) in [5.74, 6) is 0.984. The van der Waals surface area contributed by atoms with E-state index in [1.807, 2.05) is 43.3 Å². The highest BCUT2D eigenvalue weighted by Crippen LogP contribution is 2.26. The van der Waals surface area contributed by atoms with Gasteiger partial charge < -0.3 is 20.9 Å². The summed E-state index contributed by atoms with van der Waals surface area (Å²) in [5, 5.41) is 10.1. The van der Waals surface area contributed by atoms with Gasteiger partial charge in [-0.25, -0.2) is 14.2 Å². The highest BCUT2D eigenvalue weighted by Gasteiger charge is 2.23. The third-order valence-corrected chi connectivity index (χ3v) is 5.87. The summed E-state index contributed by atoms with van der Waals surface area (Å²) in [7, 11) is 3.95. The van der Waals surface area contributed by atoms with Crippen LogP contribution < -0.4 is 20.9 Å². The monoisotopic (exact) mass is 456 g/mol. The molecule has 0 saturated heterocycles. The molecule has 1 saturated carbocycles. The average Bonchev–Trinajstić information content (AvgIpc) is 2.77. The van der Waals surface area contributed by atoms with Crippen molar-refractivity contribution in [1.82, 2.24) is 15.3 Å². The molecule has 168 valence electrons. The Kier molecular flexibility index (Phi) is 6.60. The third kappa shape index (κ3) is 5.19. The second kappa shape index (κ2) is 9.56. The minimum absolute atomic E-state index is 0.0253. The number of amides is 2. The Bertz CT molecular complexity index is 1120. The molecule has 32 heavy (non-hydrogen) atoms. The topological polar surface area (TPSA) is 82.2 Å². The van der Waals surface area contributed by atoms with Crippen molar-refractivity contribution in [3.63, 3.8) is 0 Å². The van der Waals surface area contributed by atoms with Crippen molar-refractivity contribution in [1.29, 1.82) is 0 Å². The molecule has 1 fully saturated rings. The van der Waals surface area contributed by atoms with E-state index in [4.69, 9.17) is 16.6 Å². The van der Waals surface area contributed by atoms with Crippen LogP contribution in [-0.2, 0) is 0 Å². The van der Waals surface area contributed by atoms with Crippen LogP contribution in [0.4, 0.5) is 26.6 Å².